The number of nitrogens with zero attached hydrogens (tertiary/aromatic N) is 2. The van der Waals surface area contributed by atoms with Crippen molar-refractivity contribution < 1.29 is 18.0 Å². The number of hydrogen-bond donors (Lipinski definition) is 1. The van der Waals surface area contributed by atoms with E-state index in [1.54, 1.807) is 43.3 Å². The summed E-state index contributed by atoms with van der Waals surface area (Å²) in [5.74, 6) is -0.759. The van der Waals surface area contributed by atoms with Crippen LogP contribution in [-0.2, 0) is 26.2 Å². The largest absolute Gasteiger partial charge is 0.354 e. The predicted molar refractivity (Wildman–Crippen MR) is 137 cm³/mol. The van der Waals surface area contributed by atoms with Crippen LogP contribution in [0.15, 0.2) is 42.5 Å². The van der Waals surface area contributed by atoms with Crippen molar-refractivity contribution in [1.29, 1.82) is 0 Å². The number of anilines is 1. The highest BCUT2D eigenvalue weighted by Gasteiger charge is 2.30. The third-order valence-corrected chi connectivity index (χ3v) is 6.83. The van der Waals surface area contributed by atoms with Crippen molar-refractivity contribution in [3.8, 4) is 0 Å². The van der Waals surface area contributed by atoms with Gasteiger partial charge >= 0.3 is 0 Å². The van der Waals surface area contributed by atoms with Crippen LogP contribution in [0.25, 0.3) is 0 Å². The summed E-state index contributed by atoms with van der Waals surface area (Å²) < 4.78 is 26.4. The van der Waals surface area contributed by atoms with Crippen molar-refractivity contribution in [3.63, 3.8) is 0 Å². The maximum atomic E-state index is 13.5. The molecule has 2 aromatic rings. The maximum absolute atomic E-state index is 13.5. The second-order valence-corrected chi connectivity index (χ2v) is 10.9. The monoisotopic (exact) mass is 507 g/mol. The van der Waals surface area contributed by atoms with Crippen LogP contribution in [0.4, 0.5) is 5.69 Å². The molecular formula is C25H34ClN3O4S. The van der Waals surface area contributed by atoms with Crippen LogP contribution in [0.1, 0.15) is 43.4 Å². The Morgan fingerprint density at radius 3 is 2.18 bits per heavy atom. The third-order valence-electron chi connectivity index (χ3n) is 5.44. The smallest absolute Gasteiger partial charge is 0.244 e. The van der Waals surface area contributed by atoms with Crippen LogP contribution in [0.3, 0.4) is 0 Å². The van der Waals surface area contributed by atoms with Gasteiger partial charge in [0.15, 0.2) is 0 Å². The van der Waals surface area contributed by atoms with Gasteiger partial charge in [-0.1, -0.05) is 43.1 Å². The van der Waals surface area contributed by atoms with Crippen molar-refractivity contribution in [2.75, 3.05) is 23.7 Å². The number of nitrogens with one attached hydrogen (secondary N) is 1. The molecule has 0 aromatic heterocycles. The minimum Gasteiger partial charge on any atom is -0.354 e. The van der Waals surface area contributed by atoms with E-state index in [-0.39, 0.29) is 12.5 Å². The van der Waals surface area contributed by atoms with E-state index in [0.29, 0.717) is 17.3 Å². The van der Waals surface area contributed by atoms with E-state index in [1.165, 1.54) is 4.90 Å². The summed E-state index contributed by atoms with van der Waals surface area (Å²) in [6.07, 6.45) is 2.84. The molecular weight excluding hydrogens is 474 g/mol. The van der Waals surface area contributed by atoms with Crippen LogP contribution in [0, 0.1) is 13.8 Å². The van der Waals surface area contributed by atoms with E-state index in [9.17, 15) is 18.0 Å². The zero-order valence-electron chi connectivity index (χ0n) is 20.5. The first-order valence-electron chi connectivity index (χ1n) is 11.3. The van der Waals surface area contributed by atoms with Gasteiger partial charge in [-0.3, -0.25) is 13.9 Å². The van der Waals surface area contributed by atoms with E-state index >= 15 is 0 Å². The molecule has 0 saturated heterocycles. The lowest BCUT2D eigenvalue weighted by Crippen LogP contribution is -2.51. The Labute approximate surface area is 208 Å². The first-order valence-corrected chi connectivity index (χ1v) is 13.5. The first kappa shape index (κ1) is 27.7. The summed E-state index contributed by atoms with van der Waals surface area (Å²) in [7, 11) is -3.75. The fourth-order valence-electron chi connectivity index (χ4n) is 3.61. The molecule has 0 aliphatic heterocycles. The van der Waals surface area contributed by atoms with Gasteiger partial charge in [-0.25, -0.2) is 8.42 Å². The summed E-state index contributed by atoms with van der Waals surface area (Å²) in [6.45, 7) is 7.66. The lowest BCUT2D eigenvalue weighted by Gasteiger charge is -2.31. The van der Waals surface area contributed by atoms with E-state index < -0.39 is 28.5 Å². The van der Waals surface area contributed by atoms with E-state index in [4.69, 9.17) is 11.6 Å². The summed E-state index contributed by atoms with van der Waals surface area (Å²) in [5, 5.41) is 3.42. The van der Waals surface area contributed by atoms with Gasteiger partial charge in [-0.15, -0.1) is 0 Å². The quantitative estimate of drug-likeness (QED) is 0.465. The number of hydrogen-bond acceptors (Lipinski definition) is 4. The van der Waals surface area contributed by atoms with Gasteiger partial charge in [-0.2, -0.15) is 0 Å². The van der Waals surface area contributed by atoms with Crippen LogP contribution in [-0.4, -0.2) is 50.5 Å². The second kappa shape index (κ2) is 12.2. The molecule has 0 spiro atoms. The van der Waals surface area contributed by atoms with Gasteiger partial charge < -0.3 is 10.2 Å². The molecule has 9 heteroatoms. The lowest BCUT2D eigenvalue weighted by atomic mass is 10.1. The molecule has 1 unspecified atom stereocenters. The Hall–Kier alpha value is -2.58. The number of halogens is 1. The van der Waals surface area contributed by atoms with E-state index in [2.05, 4.69) is 5.32 Å². The lowest BCUT2D eigenvalue weighted by molar-refractivity contribution is -0.139. The molecule has 2 rings (SSSR count). The fraction of sp³-hybridized carbons (Fsp3) is 0.440. The summed E-state index contributed by atoms with van der Waals surface area (Å²) in [6, 6.07) is 11.6. The fourth-order valence-corrected chi connectivity index (χ4v) is 4.57. The number of carbonyl (C=O) groups excluding carboxylic acids is 2. The molecule has 0 aliphatic rings. The summed E-state index contributed by atoms with van der Waals surface area (Å²) >= 11 is 5.99. The van der Waals surface area contributed by atoms with Gasteiger partial charge in [0, 0.05) is 18.1 Å². The number of sulfonamides is 1. The summed E-state index contributed by atoms with van der Waals surface area (Å²) in [5.41, 5.74) is 2.97. The van der Waals surface area contributed by atoms with Crippen molar-refractivity contribution in [2.45, 2.75) is 53.1 Å². The number of rotatable bonds is 11. The highest BCUT2D eigenvalue weighted by atomic mass is 35.5. The van der Waals surface area contributed by atoms with E-state index in [0.717, 1.165) is 40.1 Å². The summed E-state index contributed by atoms with van der Waals surface area (Å²) in [4.78, 5) is 27.7. The average Bonchev–Trinajstić information content (AvgIpc) is 2.75. The molecule has 0 radical (unpaired) electrons. The minimum absolute atomic E-state index is 0.142. The number of aryl methyl sites for hydroxylation is 2. The molecule has 2 amide bonds. The normalized spacial score (nSPS) is 12.2. The molecule has 0 saturated carbocycles. The molecule has 2 aromatic carbocycles. The first-order chi connectivity index (χ1) is 15.9. The number of amides is 2. The number of carbonyl (C=O) groups is 2. The molecule has 1 N–H and O–H groups in total. The second-order valence-electron chi connectivity index (χ2n) is 8.58. The highest BCUT2D eigenvalue weighted by Crippen LogP contribution is 2.22. The van der Waals surface area contributed by atoms with Crippen molar-refractivity contribution in [2.24, 2.45) is 0 Å². The minimum atomic E-state index is -3.75. The zero-order chi connectivity index (χ0) is 25.5. The van der Waals surface area contributed by atoms with Crippen molar-refractivity contribution >= 4 is 39.1 Å². The molecule has 7 nitrogen and oxygen atoms in total. The van der Waals surface area contributed by atoms with Crippen molar-refractivity contribution in [1.82, 2.24) is 10.2 Å². The number of benzene rings is 2. The van der Waals surface area contributed by atoms with Gasteiger partial charge in [-0.05, 0) is 68.1 Å². The van der Waals surface area contributed by atoms with E-state index in [1.807, 2.05) is 26.8 Å². The van der Waals surface area contributed by atoms with Crippen LogP contribution >= 0.6 is 11.6 Å². The molecule has 0 fully saturated rings. The number of unbranched alkanes of at least 4 members (excludes halogenated alkanes) is 1. The highest BCUT2D eigenvalue weighted by molar-refractivity contribution is 7.92. The standard InChI is InChI=1S/C25H34ClN3O4S/c1-6-7-12-27-25(31)20(4)28(16-21-8-10-22(26)11-9-21)24(30)17-29(34(5,32)33)23-14-18(2)13-19(3)15-23/h8-11,13-15,20H,6-7,12,16-17H2,1-5H3,(H,27,31). The van der Waals surface area contributed by atoms with Gasteiger partial charge in [0.1, 0.15) is 12.6 Å². The Kier molecular flexibility index (Phi) is 9.94. The van der Waals surface area contributed by atoms with Gasteiger partial charge in [0.05, 0.1) is 11.9 Å². The molecule has 0 heterocycles. The van der Waals surface area contributed by atoms with Crippen LogP contribution in [0.2, 0.25) is 5.02 Å². The average molecular weight is 508 g/mol. The SMILES string of the molecule is CCCCNC(=O)C(C)N(Cc1ccc(Cl)cc1)C(=O)CN(c1cc(C)cc(C)c1)S(C)(=O)=O. The zero-order valence-corrected chi connectivity index (χ0v) is 22.0. The maximum Gasteiger partial charge on any atom is 0.244 e. The Balaban J connectivity index is 2.37. The topological polar surface area (TPSA) is 86.8 Å². The molecule has 1 atom stereocenters. The Morgan fingerprint density at radius 2 is 1.65 bits per heavy atom. The molecule has 186 valence electrons. The third kappa shape index (κ3) is 8.02. The molecule has 0 bridgehead atoms. The molecule has 34 heavy (non-hydrogen) atoms. The van der Waals surface area contributed by atoms with Gasteiger partial charge in [0.25, 0.3) is 0 Å². The Morgan fingerprint density at radius 1 is 1.06 bits per heavy atom. The van der Waals surface area contributed by atoms with Gasteiger partial charge in [0.2, 0.25) is 21.8 Å². The van der Waals surface area contributed by atoms with Crippen molar-refractivity contribution in [3.05, 3.63) is 64.2 Å². The Bertz CT molecular complexity index is 1080. The predicted octanol–water partition coefficient (Wildman–Crippen LogP) is 4.06. The molecule has 0 aliphatic carbocycles. The van der Waals surface area contributed by atoms with Crippen LogP contribution < -0.4 is 9.62 Å². The van der Waals surface area contributed by atoms with Crippen LogP contribution in [0.5, 0.6) is 0 Å².